The Morgan fingerprint density at radius 2 is 1.29 bits per heavy atom. The average molecular weight is 358 g/mol. The summed E-state index contributed by atoms with van der Waals surface area (Å²) in [5.74, 6) is 0. The molecule has 1 aliphatic rings. The Bertz CT molecular complexity index is 1120. The molecule has 4 aromatic rings. The van der Waals surface area contributed by atoms with Gasteiger partial charge in [0.25, 0.3) is 0 Å². The van der Waals surface area contributed by atoms with E-state index in [1.165, 1.54) is 50.1 Å². The maximum Gasteiger partial charge on any atom is 0.0722 e. The van der Waals surface area contributed by atoms with Gasteiger partial charge in [-0.05, 0) is 66.3 Å². The molecule has 0 amide bonds. The molecule has 0 heteroatoms. The first kappa shape index (κ1) is 16.8. The van der Waals surface area contributed by atoms with Gasteiger partial charge in [0.1, 0.15) is 0 Å². The van der Waals surface area contributed by atoms with Crippen molar-refractivity contribution in [1.82, 2.24) is 0 Å². The van der Waals surface area contributed by atoms with E-state index in [-0.39, 0.29) is 5.41 Å². The second-order valence-electron chi connectivity index (χ2n) is 7.87. The van der Waals surface area contributed by atoms with Crippen molar-refractivity contribution in [3.8, 4) is 11.1 Å². The summed E-state index contributed by atoms with van der Waals surface area (Å²) in [7, 11) is 0. The molecule has 0 unspecified atom stereocenters. The van der Waals surface area contributed by atoms with Crippen molar-refractivity contribution in [2.24, 2.45) is 0 Å². The first-order valence-electron chi connectivity index (χ1n) is 9.80. The van der Waals surface area contributed by atoms with Crippen molar-refractivity contribution < 1.29 is 0 Å². The van der Waals surface area contributed by atoms with Crippen LogP contribution in [0.2, 0.25) is 0 Å². The van der Waals surface area contributed by atoms with Crippen LogP contribution in [0, 0.1) is 32.9 Å². The average Bonchev–Trinajstić information content (AvgIpc) is 3.02. The zero-order valence-electron chi connectivity index (χ0n) is 16.5. The lowest BCUT2D eigenvalue weighted by Crippen LogP contribution is -2.29. The van der Waals surface area contributed by atoms with Crippen molar-refractivity contribution in [2.75, 3.05) is 0 Å². The summed E-state index contributed by atoms with van der Waals surface area (Å²) in [5, 5.41) is 0. The van der Waals surface area contributed by atoms with Crippen LogP contribution in [0.5, 0.6) is 0 Å². The zero-order chi connectivity index (χ0) is 19.3. The number of fused-ring (bicyclic) bond motifs is 3. The van der Waals surface area contributed by atoms with Gasteiger partial charge in [0.15, 0.2) is 0 Å². The Morgan fingerprint density at radius 1 is 0.679 bits per heavy atom. The molecule has 0 aromatic heterocycles. The molecule has 134 valence electrons. The maximum atomic E-state index is 3.42. The lowest BCUT2D eigenvalue weighted by atomic mass is 9.66. The largest absolute Gasteiger partial charge is 0.0722 e. The molecule has 1 aliphatic carbocycles. The molecule has 0 N–H and O–H groups in total. The van der Waals surface area contributed by atoms with E-state index in [9.17, 15) is 0 Å². The highest BCUT2D eigenvalue weighted by atomic mass is 14.5. The smallest absolute Gasteiger partial charge is 0.0696 e. The predicted molar refractivity (Wildman–Crippen MR) is 116 cm³/mol. The van der Waals surface area contributed by atoms with E-state index in [4.69, 9.17) is 0 Å². The molecular weight excluding hydrogens is 336 g/mol. The van der Waals surface area contributed by atoms with Crippen LogP contribution in [0.25, 0.3) is 11.1 Å². The van der Waals surface area contributed by atoms with Crippen LogP contribution in [0.1, 0.15) is 38.9 Å². The summed E-state index contributed by atoms with van der Waals surface area (Å²) in [4.78, 5) is 0. The lowest BCUT2D eigenvalue weighted by Gasteiger charge is -2.34. The molecule has 0 nitrogen and oxygen atoms in total. The maximum absolute atomic E-state index is 3.42. The van der Waals surface area contributed by atoms with E-state index in [2.05, 4.69) is 106 Å². The molecule has 0 saturated heterocycles. The van der Waals surface area contributed by atoms with Crippen molar-refractivity contribution >= 4 is 0 Å². The number of hydrogen-bond acceptors (Lipinski definition) is 0. The van der Waals surface area contributed by atoms with Crippen molar-refractivity contribution in [3.05, 3.63) is 130 Å². The normalized spacial score (nSPS) is 13.5. The molecule has 0 saturated carbocycles. The minimum atomic E-state index is -0.330. The van der Waals surface area contributed by atoms with Gasteiger partial charge in [0.05, 0.1) is 5.41 Å². The third-order valence-electron chi connectivity index (χ3n) is 6.09. The van der Waals surface area contributed by atoms with Gasteiger partial charge >= 0.3 is 0 Å². The second-order valence-corrected chi connectivity index (χ2v) is 7.87. The van der Waals surface area contributed by atoms with Gasteiger partial charge in [-0.3, -0.25) is 0 Å². The number of benzene rings is 3. The summed E-state index contributed by atoms with van der Waals surface area (Å²) < 4.78 is 0. The Kier molecular flexibility index (Phi) is 3.68. The molecule has 0 fully saturated rings. The highest BCUT2D eigenvalue weighted by Gasteiger charge is 2.47. The van der Waals surface area contributed by atoms with Crippen LogP contribution in [0.15, 0.2) is 78.9 Å². The Hall–Kier alpha value is -3.30. The van der Waals surface area contributed by atoms with E-state index in [0.29, 0.717) is 0 Å². The first-order chi connectivity index (χ1) is 13.6. The molecule has 0 aliphatic heterocycles. The van der Waals surface area contributed by atoms with Crippen LogP contribution < -0.4 is 0 Å². The van der Waals surface area contributed by atoms with E-state index in [1.54, 1.807) is 0 Å². The van der Waals surface area contributed by atoms with Gasteiger partial charge < -0.3 is 0 Å². The minimum absolute atomic E-state index is 0.330. The quantitative estimate of drug-likeness (QED) is 0.334. The van der Waals surface area contributed by atoms with Crippen LogP contribution in [-0.4, -0.2) is 0 Å². The Morgan fingerprint density at radius 3 is 1.89 bits per heavy atom. The fraction of sp³-hybridized carbons (Fsp3) is 0.143. The topological polar surface area (TPSA) is 0 Å². The number of rotatable bonds is 2. The predicted octanol–water partition coefficient (Wildman–Crippen LogP) is 6.58. The van der Waals surface area contributed by atoms with E-state index in [1.807, 2.05) is 6.07 Å². The SMILES string of the molecule is Cc1ccc(C2(c3ccc(C)cc3)c3ccc#cc3-c3cccc(C)c32)cc1. The van der Waals surface area contributed by atoms with Gasteiger partial charge in [-0.15, -0.1) is 0 Å². The number of hydrogen-bond donors (Lipinski definition) is 0. The van der Waals surface area contributed by atoms with E-state index in [0.717, 1.165) is 0 Å². The standard InChI is InChI=1S/C28H22/c1-19-11-15-22(16-12-19)28(23-17-13-20(2)14-18-23)26-10-5-4-8-24(26)25-9-6-7-21(3)27(25)28/h5-7,9-18H,1-3H3. The molecule has 0 spiro atoms. The molecular formula is C28H22. The lowest BCUT2D eigenvalue weighted by molar-refractivity contribution is 0.761. The summed E-state index contributed by atoms with van der Waals surface area (Å²) in [6.07, 6.45) is 0. The Labute approximate surface area is 167 Å². The van der Waals surface area contributed by atoms with Crippen LogP contribution in [-0.2, 0) is 5.41 Å². The molecule has 0 atom stereocenters. The molecule has 5 rings (SSSR count). The minimum Gasteiger partial charge on any atom is -0.0696 e. The fourth-order valence-electron chi connectivity index (χ4n) is 4.80. The third kappa shape index (κ3) is 2.20. The van der Waals surface area contributed by atoms with Crippen LogP contribution in [0.3, 0.4) is 0 Å². The van der Waals surface area contributed by atoms with Gasteiger partial charge in [-0.25, -0.2) is 0 Å². The highest BCUT2D eigenvalue weighted by Crippen LogP contribution is 2.56. The third-order valence-corrected chi connectivity index (χ3v) is 6.09. The number of aryl methyl sites for hydroxylation is 3. The highest BCUT2D eigenvalue weighted by molar-refractivity contribution is 5.86. The van der Waals surface area contributed by atoms with Gasteiger partial charge in [0, 0.05) is 5.56 Å². The van der Waals surface area contributed by atoms with Gasteiger partial charge in [-0.2, -0.15) is 0 Å². The van der Waals surface area contributed by atoms with Crippen molar-refractivity contribution in [2.45, 2.75) is 26.2 Å². The summed E-state index contributed by atoms with van der Waals surface area (Å²) in [5.41, 5.74) is 11.2. The molecule has 0 radical (unpaired) electrons. The fourth-order valence-corrected chi connectivity index (χ4v) is 4.80. The summed E-state index contributed by atoms with van der Waals surface area (Å²) in [6, 6.07) is 35.5. The molecule has 0 bridgehead atoms. The zero-order valence-corrected chi connectivity index (χ0v) is 16.5. The van der Waals surface area contributed by atoms with Crippen LogP contribution >= 0.6 is 0 Å². The molecule has 4 aromatic carbocycles. The van der Waals surface area contributed by atoms with Gasteiger partial charge in [-0.1, -0.05) is 90.0 Å². The monoisotopic (exact) mass is 358 g/mol. The molecule has 28 heavy (non-hydrogen) atoms. The Balaban J connectivity index is 1.98. The van der Waals surface area contributed by atoms with Crippen LogP contribution in [0.4, 0.5) is 0 Å². The van der Waals surface area contributed by atoms with E-state index < -0.39 is 0 Å². The van der Waals surface area contributed by atoms with Crippen molar-refractivity contribution in [1.29, 1.82) is 0 Å². The summed E-state index contributed by atoms with van der Waals surface area (Å²) >= 11 is 0. The van der Waals surface area contributed by atoms with Gasteiger partial charge in [0.2, 0.25) is 0 Å². The second kappa shape index (κ2) is 6.11. The summed E-state index contributed by atoms with van der Waals surface area (Å²) in [6.45, 7) is 6.52. The first-order valence-corrected chi connectivity index (χ1v) is 9.80. The molecule has 0 heterocycles. The van der Waals surface area contributed by atoms with E-state index >= 15 is 0 Å². The van der Waals surface area contributed by atoms with Crippen molar-refractivity contribution in [3.63, 3.8) is 0 Å².